The first-order valence-corrected chi connectivity index (χ1v) is 9.00. The molecule has 1 N–H and O–H groups in total. The summed E-state index contributed by atoms with van der Waals surface area (Å²) < 4.78 is 0. The predicted octanol–water partition coefficient (Wildman–Crippen LogP) is 1.90. The van der Waals surface area contributed by atoms with E-state index in [1.54, 1.807) is 24.3 Å². The van der Waals surface area contributed by atoms with Gasteiger partial charge in [0.2, 0.25) is 5.91 Å². The summed E-state index contributed by atoms with van der Waals surface area (Å²) in [7, 11) is 0. The smallest absolute Gasteiger partial charge is 0.335 e. The van der Waals surface area contributed by atoms with Crippen LogP contribution in [0.1, 0.15) is 24.0 Å². The van der Waals surface area contributed by atoms with E-state index < -0.39 is 30.3 Å². The Hall–Kier alpha value is -3.48. The van der Waals surface area contributed by atoms with Gasteiger partial charge in [0.05, 0.1) is 6.54 Å². The second-order valence-electron chi connectivity index (χ2n) is 6.67. The SMILES string of the molecule is C[C@@H](CNC(=O)CN1C(=O)C(=O)N(Cc2ccccc2)C1=O)c1ccccc1. The van der Waals surface area contributed by atoms with Gasteiger partial charge in [0, 0.05) is 6.54 Å². The van der Waals surface area contributed by atoms with Gasteiger partial charge in [-0.1, -0.05) is 67.6 Å². The number of carbonyl (C=O) groups is 4. The lowest BCUT2D eigenvalue weighted by molar-refractivity contribution is -0.144. The summed E-state index contributed by atoms with van der Waals surface area (Å²) in [5.41, 5.74) is 1.79. The number of nitrogens with one attached hydrogen (secondary N) is 1. The lowest BCUT2D eigenvalue weighted by atomic mass is 10.0. The molecule has 2 aromatic rings. The number of urea groups is 1. The lowest BCUT2D eigenvalue weighted by Gasteiger charge is -2.17. The van der Waals surface area contributed by atoms with E-state index in [4.69, 9.17) is 0 Å². The van der Waals surface area contributed by atoms with Crippen molar-refractivity contribution in [3.63, 3.8) is 0 Å². The summed E-state index contributed by atoms with van der Waals surface area (Å²) >= 11 is 0. The second-order valence-corrected chi connectivity index (χ2v) is 6.67. The summed E-state index contributed by atoms with van der Waals surface area (Å²) in [6.45, 7) is 1.84. The fraction of sp³-hybridized carbons (Fsp3) is 0.238. The molecule has 1 aliphatic heterocycles. The fourth-order valence-electron chi connectivity index (χ4n) is 2.96. The molecule has 3 rings (SSSR count). The first-order chi connectivity index (χ1) is 13.5. The summed E-state index contributed by atoms with van der Waals surface area (Å²) in [5.74, 6) is -2.31. The van der Waals surface area contributed by atoms with Gasteiger partial charge in [0.1, 0.15) is 6.54 Å². The molecule has 0 radical (unpaired) electrons. The first-order valence-electron chi connectivity index (χ1n) is 9.00. The maximum absolute atomic E-state index is 12.5. The van der Waals surface area contributed by atoms with Crippen molar-refractivity contribution in [1.82, 2.24) is 15.1 Å². The standard InChI is InChI=1S/C21H21N3O4/c1-15(17-10-6-3-7-11-17)12-22-18(25)14-24-20(27)19(26)23(21(24)28)13-16-8-4-2-5-9-16/h2-11,15H,12-14H2,1H3,(H,22,25)/t15-/m0/s1. The van der Waals surface area contributed by atoms with E-state index in [0.29, 0.717) is 11.4 Å². The molecule has 1 aliphatic rings. The molecule has 1 heterocycles. The first kappa shape index (κ1) is 19.3. The van der Waals surface area contributed by atoms with Crippen LogP contribution in [0.15, 0.2) is 60.7 Å². The van der Waals surface area contributed by atoms with Crippen LogP contribution in [0.5, 0.6) is 0 Å². The van der Waals surface area contributed by atoms with Crippen molar-refractivity contribution < 1.29 is 19.2 Å². The van der Waals surface area contributed by atoms with Gasteiger partial charge in [-0.2, -0.15) is 0 Å². The van der Waals surface area contributed by atoms with Crippen LogP contribution in [0.3, 0.4) is 0 Å². The minimum Gasteiger partial charge on any atom is -0.354 e. The van der Waals surface area contributed by atoms with Gasteiger partial charge in [-0.3, -0.25) is 19.3 Å². The number of rotatable bonds is 7. The Labute approximate surface area is 162 Å². The Bertz CT molecular complexity index is 883. The van der Waals surface area contributed by atoms with Crippen molar-refractivity contribution in [2.75, 3.05) is 13.1 Å². The van der Waals surface area contributed by atoms with Gasteiger partial charge < -0.3 is 5.32 Å². The quantitative estimate of drug-likeness (QED) is 0.588. The van der Waals surface area contributed by atoms with Crippen molar-refractivity contribution >= 4 is 23.8 Å². The largest absolute Gasteiger partial charge is 0.354 e. The third-order valence-electron chi connectivity index (χ3n) is 4.59. The minimum atomic E-state index is -0.979. The molecular weight excluding hydrogens is 358 g/mol. The Morgan fingerprint density at radius 1 is 0.893 bits per heavy atom. The van der Waals surface area contributed by atoms with E-state index in [0.717, 1.165) is 16.0 Å². The van der Waals surface area contributed by atoms with Gasteiger partial charge in [-0.25, -0.2) is 9.69 Å². The van der Waals surface area contributed by atoms with Crippen LogP contribution in [-0.2, 0) is 20.9 Å². The molecule has 0 saturated carbocycles. The van der Waals surface area contributed by atoms with Crippen LogP contribution >= 0.6 is 0 Å². The highest BCUT2D eigenvalue weighted by Crippen LogP contribution is 2.16. The van der Waals surface area contributed by atoms with Gasteiger partial charge in [-0.15, -0.1) is 0 Å². The Kier molecular flexibility index (Phi) is 5.84. The minimum absolute atomic E-state index is 0.00654. The molecule has 7 heteroatoms. The highest BCUT2D eigenvalue weighted by atomic mass is 16.2. The van der Waals surface area contributed by atoms with Crippen molar-refractivity contribution in [3.05, 3.63) is 71.8 Å². The molecule has 5 amide bonds. The normalized spacial score (nSPS) is 15.1. The third kappa shape index (κ3) is 4.25. The number of carbonyl (C=O) groups excluding carboxylic acids is 4. The zero-order chi connectivity index (χ0) is 20.1. The van der Waals surface area contributed by atoms with E-state index >= 15 is 0 Å². The number of nitrogens with zero attached hydrogens (tertiary/aromatic N) is 2. The molecule has 7 nitrogen and oxygen atoms in total. The van der Waals surface area contributed by atoms with E-state index in [1.807, 2.05) is 43.3 Å². The molecule has 144 valence electrons. The predicted molar refractivity (Wildman–Crippen MR) is 102 cm³/mol. The molecule has 0 aliphatic carbocycles. The van der Waals surface area contributed by atoms with Crippen LogP contribution < -0.4 is 5.32 Å². The molecule has 0 aromatic heterocycles. The zero-order valence-electron chi connectivity index (χ0n) is 15.5. The van der Waals surface area contributed by atoms with Crippen molar-refractivity contribution in [1.29, 1.82) is 0 Å². The maximum atomic E-state index is 12.5. The molecule has 1 atom stereocenters. The Morgan fingerprint density at radius 2 is 1.46 bits per heavy atom. The van der Waals surface area contributed by atoms with Crippen molar-refractivity contribution in [2.45, 2.75) is 19.4 Å². The molecule has 0 spiro atoms. The van der Waals surface area contributed by atoms with Crippen LogP contribution in [0, 0.1) is 0 Å². The van der Waals surface area contributed by atoms with Gasteiger partial charge in [0.25, 0.3) is 0 Å². The average Bonchev–Trinajstić information content (AvgIpc) is 2.91. The van der Waals surface area contributed by atoms with E-state index in [2.05, 4.69) is 5.32 Å². The van der Waals surface area contributed by atoms with Gasteiger partial charge in [-0.05, 0) is 17.0 Å². The number of imide groups is 2. The van der Waals surface area contributed by atoms with Gasteiger partial charge >= 0.3 is 17.8 Å². The van der Waals surface area contributed by atoms with Crippen molar-refractivity contribution in [2.24, 2.45) is 0 Å². The highest BCUT2D eigenvalue weighted by Gasteiger charge is 2.45. The Morgan fingerprint density at radius 3 is 2.11 bits per heavy atom. The molecule has 0 unspecified atom stereocenters. The molecule has 1 fully saturated rings. The van der Waals surface area contributed by atoms with Crippen LogP contribution in [0.25, 0.3) is 0 Å². The topological polar surface area (TPSA) is 86.8 Å². The van der Waals surface area contributed by atoms with E-state index in [-0.39, 0.29) is 12.5 Å². The summed E-state index contributed by atoms with van der Waals surface area (Å²) in [6, 6.07) is 17.8. The van der Waals surface area contributed by atoms with Crippen LogP contribution in [0.2, 0.25) is 0 Å². The summed E-state index contributed by atoms with van der Waals surface area (Å²) in [4.78, 5) is 50.5. The highest BCUT2D eigenvalue weighted by molar-refractivity contribution is 6.44. The average molecular weight is 379 g/mol. The number of hydrogen-bond acceptors (Lipinski definition) is 4. The maximum Gasteiger partial charge on any atom is 0.335 e. The Balaban J connectivity index is 1.57. The third-order valence-corrected chi connectivity index (χ3v) is 4.59. The van der Waals surface area contributed by atoms with E-state index in [9.17, 15) is 19.2 Å². The van der Waals surface area contributed by atoms with E-state index in [1.165, 1.54) is 0 Å². The number of amides is 5. The monoisotopic (exact) mass is 379 g/mol. The second kappa shape index (κ2) is 8.47. The fourth-order valence-corrected chi connectivity index (χ4v) is 2.96. The van der Waals surface area contributed by atoms with Crippen LogP contribution in [-0.4, -0.2) is 46.6 Å². The van der Waals surface area contributed by atoms with Gasteiger partial charge in [0.15, 0.2) is 0 Å². The molecule has 28 heavy (non-hydrogen) atoms. The molecule has 1 saturated heterocycles. The number of benzene rings is 2. The number of hydrogen-bond donors (Lipinski definition) is 1. The molecule has 0 bridgehead atoms. The van der Waals surface area contributed by atoms with Crippen LogP contribution in [0.4, 0.5) is 4.79 Å². The lowest BCUT2D eigenvalue weighted by Crippen LogP contribution is -2.42. The molecule has 2 aromatic carbocycles. The zero-order valence-corrected chi connectivity index (χ0v) is 15.5. The summed E-state index contributed by atoms with van der Waals surface area (Å²) in [5, 5.41) is 2.71. The molecular formula is C21H21N3O4. The summed E-state index contributed by atoms with van der Waals surface area (Å²) in [6.07, 6.45) is 0. The van der Waals surface area contributed by atoms with Crippen molar-refractivity contribution in [3.8, 4) is 0 Å².